The smallest absolute Gasteiger partial charge is 0.160 e. The average molecular weight is 640 g/mol. The zero-order valence-corrected chi connectivity index (χ0v) is 27.6. The fourth-order valence-corrected chi connectivity index (χ4v) is 7.51. The van der Waals surface area contributed by atoms with E-state index in [1.54, 1.807) is 0 Å². The Labute approximate surface area is 292 Å². The van der Waals surface area contributed by atoms with Crippen LogP contribution < -0.4 is 0 Å². The van der Waals surface area contributed by atoms with Crippen LogP contribution in [0.5, 0.6) is 0 Å². The molecule has 50 heavy (non-hydrogen) atoms. The van der Waals surface area contributed by atoms with Crippen LogP contribution in [0.2, 0.25) is 0 Å². The molecule has 9 rings (SSSR count). The van der Waals surface area contributed by atoms with Gasteiger partial charge in [-0.1, -0.05) is 153 Å². The van der Waals surface area contributed by atoms with Gasteiger partial charge in [0.25, 0.3) is 0 Å². The van der Waals surface area contributed by atoms with Gasteiger partial charge in [0, 0.05) is 50.9 Å². The minimum Gasteiger partial charge on any atom is -0.309 e. The Balaban J connectivity index is 1.16. The first kappa shape index (κ1) is 29.6. The summed E-state index contributed by atoms with van der Waals surface area (Å²) in [5.41, 5.74) is 16.8. The minimum atomic E-state index is 0.751. The summed E-state index contributed by atoms with van der Waals surface area (Å²) in [7, 11) is 0. The third-order valence-corrected chi connectivity index (χ3v) is 9.80. The van der Waals surface area contributed by atoms with Crippen molar-refractivity contribution >= 4 is 23.1 Å². The largest absolute Gasteiger partial charge is 0.309 e. The summed E-state index contributed by atoms with van der Waals surface area (Å²) in [4.78, 5) is 10.3. The van der Waals surface area contributed by atoms with Crippen LogP contribution in [0.3, 0.4) is 0 Å². The van der Waals surface area contributed by atoms with Crippen LogP contribution in [0, 0.1) is 0 Å². The number of nitrogens with zero attached hydrogens (tertiary/aromatic N) is 3. The predicted molar refractivity (Wildman–Crippen MR) is 209 cm³/mol. The van der Waals surface area contributed by atoms with Crippen molar-refractivity contribution in [2.24, 2.45) is 0 Å². The highest BCUT2D eigenvalue weighted by atomic mass is 15.0. The Morgan fingerprint density at radius 2 is 1.16 bits per heavy atom. The summed E-state index contributed by atoms with van der Waals surface area (Å²) >= 11 is 0. The predicted octanol–water partition coefficient (Wildman–Crippen LogP) is 11.9. The monoisotopic (exact) mass is 639 g/mol. The molecule has 0 bridgehead atoms. The molecule has 8 aromatic rings. The molecular formula is C47H33N3. The van der Waals surface area contributed by atoms with E-state index in [4.69, 9.17) is 9.97 Å². The second-order valence-corrected chi connectivity index (χ2v) is 12.7. The van der Waals surface area contributed by atoms with Crippen LogP contribution in [0.1, 0.15) is 22.4 Å². The minimum absolute atomic E-state index is 0.751. The lowest BCUT2D eigenvalue weighted by Gasteiger charge is -2.13. The van der Waals surface area contributed by atoms with Gasteiger partial charge in [-0.3, -0.25) is 0 Å². The summed E-state index contributed by atoms with van der Waals surface area (Å²) in [6, 6.07) is 53.5. The molecule has 0 unspecified atom stereocenters. The highest BCUT2D eigenvalue weighted by Gasteiger charge is 2.26. The molecule has 0 saturated heterocycles. The molecule has 6 aromatic carbocycles. The maximum Gasteiger partial charge on any atom is 0.160 e. The van der Waals surface area contributed by atoms with Crippen LogP contribution in [0.4, 0.5) is 0 Å². The second kappa shape index (κ2) is 12.1. The molecule has 0 N–H and O–H groups in total. The zero-order valence-electron chi connectivity index (χ0n) is 27.6. The van der Waals surface area contributed by atoms with E-state index in [2.05, 4.69) is 139 Å². The molecule has 0 spiro atoms. The van der Waals surface area contributed by atoms with Crippen molar-refractivity contribution in [3.05, 3.63) is 187 Å². The number of fused-ring (bicyclic) bond motifs is 4. The molecule has 2 heterocycles. The number of aromatic nitrogens is 3. The number of para-hydroxylation sites is 2. The van der Waals surface area contributed by atoms with Crippen LogP contribution in [0.25, 0.3) is 84.9 Å². The van der Waals surface area contributed by atoms with Crippen molar-refractivity contribution < 1.29 is 0 Å². The van der Waals surface area contributed by atoms with Crippen LogP contribution in [0.15, 0.2) is 165 Å². The second-order valence-electron chi connectivity index (χ2n) is 12.7. The molecular weight excluding hydrogens is 607 g/mol. The van der Waals surface area contributed by atoms with Gasteiger partial charge in [0.05, 0.1) is 22.6 Å². The molecule has 0 radical (unpaired) electrons. The van der Waals surface area contributed by atoms with Crippen molar-refractivity contribution in [1.29, 1.82) is 0 Å². The van der Waals surface area contributed by atoms with Crippen molar-refractivity contribution in [3.63, 3.8) is 0 Å². The van der Waals surface area contributed by atoms with Gasteiger partial charge in [-0.15, -0.1) is 0 Å². The van der Waals surface area contributed by atoms with Crippen LogP contribution >= 0.6 is 0 Å². The van der Waals surface area contributed by atoms with E-state index < -0.39 is 0 Å². The Hall–Kier alpha value is -6.58. The quantitative estimate of drug-likeness (QED) is 0.174. The molecule has 0 aliphatic heterocycles. The fourth-order valence-electron chi connectivity index (χ4n) is 7.51. The first-order chi connectivity index (χ1) is 24.7. The zero-order chi connectivity index (χ0) is 33.6. The maximum atomic E-state index is 5.16. The Morgan fingerprint density at radius 1 is 0.520 bits per heavy atom. The summed E-state index contributed by atoms with van der Waals surface area (Å²) in [5, 5.41) is 1.15. The molecule has 3 nitrogen and oxygen atoms in total. The number of hydrogen-bond donors (Lipinski definition) is 0. The molecule has 1 aliphatic rings. The van der Waals surface area contributed by atoms with Gasteiger partial charge in [-0.25, -0.2) is 9.97 Å². The van der Waals surface area contributed by atoms with E-state index in [0.717, 1.165) is 73.7 Å². The van der Waals surface area contributed by atoms with Gasteiger partial charge in [-0.2, -0.15) is 0 Å². The van der Waals surface area contributed by atoms with Crippen molar-refractivity contribution in [2.75, 3.05) is 0 Å². The number of rotatable bonds is 7. The van der Waals surface area contributed by atoms with Crippen molar-refractivity contribution in [3.8, 4) is 61.8 Å². The third kappa shape index (κ3) is 4.83. The maximum absolute atomic E-state index is 5.16. The molecule has 236 valence electrons. The van der Waals surface area contributed by atoms with Crippen LogP contribution in [-0.2, 0) is 6.42 Å². The van der Waals surface area contributed by atoms with Crippen molar-refractivity contribution in [1.82, 2.24) is 14.5 Å². The molecule has 0 fully saturated rings. The molecule has 1 aliphatic carbocycles. The molecule has 2 aromatic heterocycles. The van der Waals surface area contributed by atoms with Gasteiger partial charge in [0.2, 0.25) is 0 Å². The molecule has 0 amide bonds. The van der Waals surface area contributed by atoms with Gasteiger partial charge in [-0.05, 0) is 46.5 Å². The number of hydrogen-bond acceptors (Lipinski definition) is 2. The lowest BCUT2D eigenvalue weighted by atomic mass is 9.95. The van der Waals surface area contributed by atoms with E-state index in [9.17, 15) is 0 Å². The first-order valence-corrected chi connectivity index (χ1v) is 17.0. The van der Waals surface area contributed by atoms with Gasteiger partial charge < -0.3 is 4.57 Å². The standard InChI is InChI=1S/C47H33N3/c1-3-38-41-25-15-24-40(46(41)50(43(38)4-2)37-22-12-7-13-23-37)35-21-14-20-33(28-35)34-26-27-39-36(29-34)30-42-44(31-16-8-5-9-17-31)48-47(49-45(39)42)32-18-10-6-11-19-32/h3-29H,1-2,30H2. The SMILES string of the molecule is C=Cc1c(C=C)n(-c2ccccc2)c2c(-c3cccc(-c4ccc5c(c4)Cc4c(-c6ccccc6)nc(-c6ccccc6)nc4-5)c3)cccc12. The topological polar surface area (TPSA) is 30.7 Å². The fraction of sp³-hybridized carbons (Fsp3) is 0.0213. The highest BCUT2D eigenvalue weighted by molar-refractivity contribution is 6.03. The lowest BCUT2D eigenvalue weighted by molar-refractivity contribution is 1.11. The third-order valence-electron chi connectivity index (χ3n) is 9.80. The van der Waals surface area contributed by atoms with E-state index in [1.165, 1.54) is 27.8 Å². The summed E-state index contributed by atoms with van der Waals surface area (Å²) in [6.45, 7) is 8.36. The Bertz CT molecular complexity index is 2580. The molecule has 0 saturated carbocycles. The van der Waals surface area contributed by atoms with Gasteiger partial charge in [0.15, 0.2) is 5.82 Å². The highest BCUT2D eigenvalue weighted by Crippen LogP contribution is 2.43. The van der Waals surface area contributed by atoms with Crippen LogP contribution in [-0.4, -0.2) is 14.5 Å². The summed E-state index contributed by atoms with van der Waals surface area (Å²) in [5.74, 6) is 0.751. The Kier molecular flexibility index (Phi) is 7.18. The normalized spacial score (nSPS) is 11.7. The Morgan fingerprint density at radius 3 is 1.90 bits per heavy atom. The summed E-state index contributed by atoms with van der Waals surface area (Å²) < 4.78 is 2.31. The van der Waals surface area contributed by atoms with Crippen molar-refractivity contribution in [2.45, 2.75) is 6.42 Å². The van der Waals surface area contributed by atoms with E-state index >= 15 is 0 Å². The molecule has 0 atom stereocenters. The van der Waals surface area contributed by atoms with Gasteiger partial charge in [0.1, 0.15) is 0 Å². The lowest BCUT2D eigenvalue weighted by Crippen LogP contribution is -1.99. The van der Waals surface area contributed by atoms with Gasteiger partial charge >= 0.3 is 0 Å². The van der Waals surface area contributed by atoms with E-state index in [1.807, 2.05) is 42.5 Å². The van der Waals surface area contributed by atoms with E-state index in [-0.39, 0.29) is 0 Å². The summed E-state index contributed by atoms with van der Waals surface area (Å²) in [6.07, 6.45) is 4.66. The number of benzene rings is 6. The van der Waals surface area contributed by atoms with E-state index in [0.29, 0.717) is 0 Å². The first-order valence-electron chi connectivity index (χ1n) is 17.0. The average Bonchev–Trinajstić information content (AvgIpc) is 3.73. The molecule has 3 heteroatoms.